The van der Waals surface area contributed by atoms with Crippen LogP contribution in [0.3, 0.4) is 0 Å². The van der Waals surface area contributed by atoms with Crippen LogP contribution in [0.4, 0.5) is 0 Å². The standard InChI is InChI=1S/C18H12N6/c1-12-3-2-4-17(22-12)24-16-9-13(5-6-14(16)11-21-24)18-20-8-7-15(10-19)23-18/h2-9,11H,1H3. The fraction of sp³-hybridized carbons (Fsp3) is 0.0556. The molecule has 0 radical (unpaired) electrons. The summed E-state index contributed by atoms with van der Waals surface area (Å²) in [5.74, 6) is 1.27. The van der Waals surface area contributed by atoms with Gasteiger partial charge in [-0.15, -0.1) is 0 Å². The normalized spacial score (nSPS) is 10.7. The molecule has 0 aliphatic carbocycles. The topological polar surface area (TPSA) is 80.3 Å². The van der Waals surface area contributed by atoms with Gasteiger partial charge in [0, 0.05) is 22.8 Å². The molecule has 6 nitrogen and oxygen atoms in total. The molecule has 0 unspecified atom stereocenters. The van der Waals surface area contributed by atoms with Crippen molar-refractivity contribution in [1.29, 1.82) is 5.26 Å². The van der Waals surface area contributed by atoms with Gasteiger partial charge in [0.2, 0.25) is 0 Å². The molecule has 0 aliphatic heterocycles. The SMILES string of the molecule is Cc1cccc(-n2ncc3ccc(-c4nccc(C#N)n4)cc32)n1. The van der Waals surface area contributed by atoms with Gasteiger partial charge in [0.15, 0.2) is 11.6 Å². The van der Waals surface area contributed by atoms with Crippen molar-refractivity contribution < 1.29 is 0 Å². The van der Waals surface area contributed by atoms with Crippen molar-refractivity contribution in [2.24, 2.45) is 0 Å². The highest BCUT2D eigenvalue weighted by atomic mass is 15.3. The van der Waals surface area contributed by atoms with Gasteiger partial charge in [0.25, 0.3) is 0 Å². The molecule has 114 valence electrons. The number of fused-ring (bicyclic) bond motifs is 1. The fourth-order valence-corrected chi connectivity index (χ4v) is 2.55. The molecule has 0 saturated carbocycles. The molecule has 0 bridgehead atoms. The lowest BCUT2D eigenvalue weighted by Gasteiger charge is -2.05. The number of benzene rings is 1. The highest BCUT2D eigenvalue weighted by molar-refractivity contribution is 5.84. The van der Waals surface area contributed by atoms with E-state index in [1.54, 1.807) is 23.1 Å². The zero-order valence-corrected chi connectivity index (χ0v) is 12.9. The second-order valence-electron chi connectivity index (χ2n) is 5.34. The van der Waals surface area contributed by atoms with Crippen LogP contribution in [0, 0.1) is 18.3 Å². The minimum absolute atomic E-state index is 0.342. The third-order valence-corrected chi connectivity index (χ3v) is 3.69. The molecular formula is C18H12N6. The Hall–Kier alpha value is -3.59. The second kappa shape index (κ2) is 5.56. The summed E-state index contributed by atoms with van der Waals surface area (Å²) in [7, 11) is 0. The lowest BCUT2D eigenvalue weighted by Crippen LogP contribution is -2.00. The van der Waals surface area contributed by atoms with E-state index in [0.717, 1.165) is 28.0 Å². The van der Waals surface area contributed by atoms with Crippen LogP contribution in [0.2, 0.25) is 0 Å². The summed E-state index contributed by atoms with van der Waals surface area (Å²) >= 11 is 0. The van der Waals surface area contributed by atoms with Gasteiger partial charge in [-0.05, 0) is 31.2 Å². The molecule has 3 heterocycles. The number of rotatable bonds is 2. The van der Waals surface area contributed by atoms with E-state index in [0.29, 0.717) is 11.5 Å². The number of aryl methyl sites for hydroxylation is 1. The fourth-order valence-electron chi connectivity index (χ4n) is 2.55. The molecule has 0 fully saturated rings. The average molecular weight is 312 g/mol. The Morgan fingerprint density at radius 3 is 2.83 bits per heavy atom. The first-order valence-electron chi connectivity index (χ1n) is 7.40. The van der Waals surface area contributed by atoms with Gasteiger partial charge in [-0.1, -0.05) is 18.2 Å². The minimum Gasteiger partial charge on any atom is -0.236 e. The van der Waals surface area contributed by atoms with Crippen LogP contribution in [0.1, 0.15) is 11.4 Å². The summed E-state index contributed by atoms with van der Waals surface area (Å²) in [6.45, 7) is 1.95. The summed E-state index contributed by atoms with van der Waals surface area (Å²) in [5, 5.41) is 14.4. The Labute approximate surface area is 138 Å². The summed E-state index contributed by atoms with van der Waals surface area (Å²) in [5.41, 5.74) is 3.01. The quantitative estimate of drug-likeness (QED) is 0.568. The Balaban J connectivity index is 1.89. The van der Waals surface area contributed by atoms with Gasteiger partial charge in [-0.25, -0.2) is 19.6 Å². The molecular weight excluding hydrogens is 300 g/mol. The summed E-state index contributed by atoms with van der Waals surface area (Å²) in [4.78, 5) is 13.0. The van der Waals surface area contributed by atoms with E-state index in [1.807, 2.05) is 49.4 Å². The molecule has 1 aromatic carbocycles. The third-order valence-electron chi connectivity index (χ3n) is 3.69. The third kappa shape index (κ3) is 2.38. The van der Waals surface area contributed by atoms with Crippen molar-refractivity contribution in [2.45, 2.75) is 6.92 Å². The summed E-state index contributed by atoms with van der Waals surface area (Å²) < 4.78 is 1.79. The molecule has 0 aliphatic rings. The predicted octanol–water partition coefficient (Wildman–Crippen LogP) is 3.06. The van der Waals surface area contributed by atoms with Crippen molar-refractivity contribution >= 4 is 10.9 Å². The lowest BCUT2D eigenvalue weighted by molar-refractivity contribution is 0.867. The van der Waals surface area contributed by atoms with Crippen molar-refractivity contribution in [2.75, 3.05) is 0 Å². The van der Waals surface area contributed by atoms with E-state index in [2.05, 4.69) is 20.1 Å². The Morgan fingerprint density at radius 2 is 2.00 bits per heavy atom. The predicted molar refractivity (Wildman–Crippen MR) is 89.3 cm³/mol. The Morgan fingerprint density at radius 1 is 1.08 bits per heavy atom. The largest absolute Gasteiger partial charge is 0.236 e. The maximum Gasteiger partial charge on any atom is 0.160 e. The first kappa shape index (κ1) is 14.0. The van der Waals surface area contributed by atoms with E-state index in [4.69, 9.17) is 5.26 Å². The van der Waals surface area contributed by atoms with Crippen molar-refractivity contribution in [1.82, 2.24) is 24.7 Å². The van der Waals surface area contributed by atoms with Crippen molar-refractivity contribution in [3.05, 3.63) is 66.2 Å². The molecule has 6 heteroatoms. The van der Waals surface area contributed by atoms with E-state index in [-0.39, 0.29) is 0 Å². The number of hydrogen-bond donors (Lipinski definition) is 0. The monoisotopic (exact) mass is 312 g/mol. The van der Waals surface area contributed by atoms with Crippen LogP contribution in [-0.4, -0.2) is 24.7 Å². The molecule has 0 N–H and O–H groups in total. The van der Waals surface area contributed by atoms with Gasteiger partial charge in [-0.2, -0.15) is 10.4 Å². The zero-order valence-electron chi connectivity index (χ0n) is 12.9. The van der Waals surface area contributed by atoms with Crippen LogP contribution >= 0.6 is 0 Å². The smallest absolute Gasteiger partial charge is 0.160 e. The molecule has 0 atom stereocenters. The second-order valence-corrected chi connectivity index (χ2v) is 5.34. The van der Waals surface area contributed by atoms with Crippen molar-refractivity contribution in [3.8, 4) is 23.3 Å². The molecule has 0 spiro atoms. The molecule has 0 saturated heterocycles. The molecule has 3 aromatic heterocycles. The number of hydrogen-bond acceptors (Lipinski definition) is 5. The Bertz CT molecular complexity index is 1090. The molecule has 0 amide bonds. The van der Waals surface area contributed by atoms with Gasteiger partial charge < -0.3 is 0 Å². The van der Waals surface area contributed by atoms with Crippen molar-refractivity contribution in [3.63, 3.8) is 0 Å². The first-order chi connectivity index (χ1) is 11.7. The zero-order chi connectivity index (χ0) is 16.5. The van der Waals surface area contributed by atoms with E-state index >= 15 is 0 Å². The number of nitrogens with zero attached hydrogens (tertiary/aromatic N) is 6. The van der Waals surface area contributed by atoms with E-state index in [1.165, 1.54) is 0 Å². The van der Waals surface area contributed by atoms with Gasteiger partial charge in [0.05, 0.1) is 11.7 Å². The van der Waals surface area contributed by atoms with Crippen LogP contribution in [0.25, 0.3) is 28.1 Å². The maximum absolute atomic E-state index is 9.00. The van der Waals surface area contributed by atoms with E-state index < -0.39 is 0 Å². The number of aromatic nitrogens is 5. The average Bonchev–Trinajstić information content (AvgIpc) is 3.05. The minimum atomic E-state index is 0.342. The van der Waals surface area contributed by atoms with Crippen LogP contribution in [-0.2, 0) is 0 Å². The van der Waals surface area contributed by atoms with Gasteiger partial charge in [0.1, 0.15) is 11.8 Å². The number of nitriles is 1. The van der Waals surface area contributed by atoms with Gasteiger partial charge >= 0.3 is 0 Å². The lowest BCUT2D eigenvalue weighted by atomic mass is 10.1. The molecule has 24 heavy (non-hydrogen) atoms. The summed E-state index contributed by atoms with van der Waals surface area (Å²) in [6.07, 6.45) is 3.39. The molecule has 4 rings (SSSR count). The van der Waals surface area contributed by atoms with Crippen LogP contribution in [0.15, 0.2) is 54.9 Å². The highest BCUT2D eigenvalue weighted by Gasteiger charge is 2.09. The molecule has 4 aromatic rings. The highest BCUT2D eigenvalue weighted by Crippen LogP contribution is 2.23. The van der Waals surface area contributed by atoms with Gasteiger partial charge in [-0.3, -0.25) is 0 Å². The number of pyridine rings is 1. The maximum atomic E-state index is 9.00. The van der Waals surface area contributed by atoms with E-state index in [9.17, 15) is 0 Å². The Kier molecular flexibility index (Phi) is 3.25. The van der Waals surface area contributed by atoms with Crippen LogP contribution in [0.5, 0.6) is 0 Å². The first-order valence-corrected chi connectivity index (χ1v) is 7.40. The summed E-state index contributed by atoms with van der Waals surface area (Å²) in [6, 6.07) is 15.3. The van der Waals surface area contributed by atoms with Crippen LogP contribution < -0.4 is 0 Å².